The van der Waals surface area contributed by atoms with Crippen molar-refractivity contribution in [1.82, 2.24) is 0 Å². The standard InChI is InChI=1S/C15H23N3O/c1-10-3-2-4-12(7-5-10)18-14-8-6-11(16)9-13(14)15(17)19/h6,8-10,12,18H,2-5,7,16H2,1H3,(H2,17,19). The highest BCUT2D eigenvalue weighted by Crippen LogP contribution is 2.27. The molecule has 1 aromatic rings. The molecule has 104 valence electrons. The topological polar surface area (TPSA) is 81.1 Å². The lowest BCUT2D eigenvalue weighted by Crippen LogP contribution is -2.22. The van der Waals surface area contributed by atoms with Gasteiger partial charge in [-0.15, -0.1) is 0 Å². The second-order valence-corrected chi connectivity index (χ2v) is 5.62. The van der Waals surface area contributed by atoms with Crippen LogP contribution in [0.25, 0.3) is 0 Å². The van der Waals surface area contributed by atoms with Crippen molar-refractivity contribution in [2.24, 2.45) is 11.7 Å². The Bertz CT molecular complexity index is 459. The number of benzene rings is 1. The number of carbonyl (C=O) groups excluding carboxylic acids is 1. The molecule has 1 aromatic carbocycles. The number of nitrogens with two attached hydrogens (primary N) is 2. The number of rotatable bonds is 3. The van der Waals surface area contributed by atoms with Gasteiger partial charge >= 0.3 is 0 Å². The zero-order chi connectivity index (χ0) is 13.8. The highest BCUT2D eigenvalue weighted by atomic mass is 16.1. The van der Waals surface area contributed by atoms with E-state index in [0.29, 0.717) is 17.3 Å². The summed E-state index contributed by atoms with van der Waals surface area (Å²) in [4.78, 5) is 11.5. The van der Waals surface area contributed by atoms with E-state index in [9.17, 15) is 4.79 Å². The first-order chi connectivity index (χ1) is 9.06. The van der Waals surface area contributed by atoms with Crippen LogP contribution in [0.2, 0.25) is 0 Å². The zero-order valence-electron chi connectivity index (χ0n) is 11.5. The van der Waals surface area contributed by atoms with Crippen LogP contribution in [0.3, 0.4) is 0 Å². The van der Waals surface area contributed by atoms with Crippen LogP contribution in [-0.4, -0.2) is 11.9 Å². The molecule has 0 aromatic heterocycles. The van der Waals surface area contributed by atoms with Gasteiger partial charge in [0.05, 0.1) is 5.56 Å². The molecular formula is C15H23N3O. The van der Waals surface area contributed by atoms with E-state index in [4.69, 9.17) is 11.5 Å². The molecule has 1 aliphatic rings. The molecule has 1 amide bonds. The number of nitrogen functional groups attached to an aromatic ring is 1. The molecule has 4 heteroatoms. The van der Waals surface area contributed by atoms with Crippen LogP contribution in [0.15, 0.2) is 18.2 Å². The van der Waals surface area contributed by atoms with Gasteiger partial charge in [0.25, 0.3) is 5.91 Å². The quantitative estimate of drug-likeness (QED) is 0.578. The summed E-state index contributed by atoms with van der Waals surface area (Å²) >= 11 is 0. The van der Waals surface area contributed by atoms with Crippen LogP contribution in [0.4, 0.5) is 11.4 Å². The van der Waals surface area contributed by atoms with Crippen molar-refractivity contribution in [2.75, 3.05) is 11.1 Å². The summed E-state index contributed by atoms with van der Waals surface area (Å²) in [6.45, 7) is 2.31. The normalized spacial score (nSPS) is 23.6. The number of primary amides is 1. The lowest BCUT2D eigenvalue weighted by molar-refractivity contribution is 0.100. The number of nitrogens with one attached hydrogen (secondary N) is 1. The molecule has 5 N–H and O–H groups in total. The highest BCUT2D eigenvalue weighted by Gasteiger charge is 2.18. The van der Waals surface area contributed by atoms with Gasteiger partial charge in [0, 0.05) is 17.4 Å². The van der Waals surface area contributed by atoms with Crippen LogP contribution in [0, 0.1) is 5.92 Å². The summed E-state index contributed by atoms with van der Waals surface area (Å²) in [5.74, 6) is 0.366. The minimum atomic E-state index is -0.434. The Morgan fingerprint density at radius 1 is 1.26 bits per heavy atom. The molecule has 0 spiro atoms. The van der Waals surface area contributed by atoms with Gasteiger partial charge in [-0.05, 0) is 43.4 Å². The third-order valence-corrected chi connectivity index (χ3v) is 3.93. The van der Waals surface area contributed by atoms with E-state index >= 15 is 0 Å². The lowest BCUT2D eigenvalue weighted by atomic mass is 10.0. The average molecular weight is 261 g/mol. The Balaban J connectivity index is 2.12. The fraction of sp³-hybridized carbons (Fsp3) is 0.533. The second kappa shape index (κ2) is 5.95. The summed E-state index contributed by atoms with van der Waals surface area (Å²) in [7, 11) is 0. The van der Waals surface area contributed by atoms with E-state index < -0.39 is 5.91 Å². The monoisotopic (exact) mass is 261 g/mol. The molecule has 2 unspecified atom stereocenters. The molecule has 0 saturated heterocycles. The molecule has 2 atom stereocenters. The fourth-order valence-corrected chi connectivity index (χ4v) is 2.74. The summed E-state index contributed by atoms with van der Waals surface area (Å²) in [5, 5.41) is 3.46. The molecule has 0 aliphatic heterocycles. The fourth-order valence-electron chi connectivity index (χ4n) is 2.74. The van der Waals surface area contributed by atoms with Gasteiger partial charge in [-0.3, -0.25) is 4.79 Å². The minimum Gasteiger partial charge on any atom is -0.399 e. The van der Waals surface area contributed by atoms with Gasteiger partial charge in [0.15, 0.2) is 0 Å². The van der Waals surface area contributed by atoms with Gasteiger partial charge in [0.2, 0.25) is 0 Å². The maximum atomic E-state index is 11.5. The third-order valence-electron chi connectivity index (χ3n) is 3.93. The predicted octanol–water partition coefficient (Wildman–Crippen LogP) is 2.75. The first-order valence-corrected chi connectivity index (χ1v) is 7.02. The number of amides is 1. The summed E-state index contributed by atoms with van der Waals surface area (Å²) in [6.07, 6.45) is 6.05. The van der Waals surface area contributed by atoms with Gasteiger partial charge in [-0.2, -0.15) is 0 Å². The minimum absolute atomic E-state index is 0.423. The van der Waals surface area contributed by atoms with Crippen molar-refractivity contribution in [3.63, 3.8) is 0 Å². The van der Waals surface area contributed by atoms with Crippen LogP contribution in [-0.2, 0) is 0 Å². The smallest absolute Gasteiger partial charge is 0.250 e. The van der Waals surface area contributed by atoms with Gasteiger partial charge in [-0.25, -0.2) is 0 Å². The largest absolute Gasteiger partial charge is 0.399 e. The van der Waals surface area contributed by atoms with E-state index in [2.05, 4.69) is 12.2 Å². The molecule has 0 radical (unpaired) electrons. The third kappa shape index (κ3) is 3.63. The number of hydrogen-bond donors (Lipinski definition) is 3. The lowest BCUT2D eigenvalue weighted by Gasteiger charge is -2.19. The number of hydrogen-bond acceptors (Lipinski definition) is 3. The van der Waals surface area contributed by atoms with E-state index in [-0.39, 0.29) is 0 Å². The van der Waals surface area contributed by atoms with E-state index in [1.54, 1.807) is 12.1 Å². The maximum absolute atomic E-state index is 11.5. The Labute approximate surface area is 114 Å². The Kier molecular flexibility index (Phi) is 4.30. The molecule has 0 bridgehead atoms. The molecule has 1 fully saturated rings. The molecule has 4 nitrogen and oxygen atoms in total. The SMILES string of the molecule is CC1CCCC(Nc2ccc(N)cc2C(N)=O)CC1. The van der Waals surface area contributed by atoms with E-state index in [1.807, 2.05) is 6.07 Å². The molecular weight excluding hydrogens is 238 g/mol. The average Bonchev–Trinajstić information content (AvgIpc) is 2.56. The van der Waals surface area contributed by atoms with Crippen molar-refractivity contribution >= 4 is 17.3 Å². The van der Waals surface area contributed by atoms with Crippen LogP contribution < -0.4 is 16.8 Å². The van der Waals surface area contributed by atoms with E-state index in [0.717, 1.165) is 24.4 Å². The number of carbonyl (C=O) groups is 1. The molecule has 0 heterocycles. The molecule has 1 aliphatic carbocycles. The second-order valence-electron chi connectivity index (χ2n) is 5.62. The Morgan fingerprint density at radius 3 is 2.79 bits per heavy atom. The van der Waals surface area contributed by atoms with Crippen molar-refractivity contribution in [3.05, 3.63) is 23.8 Å². The van der Waals surface area contributed by atoms with Crippen LogP contribution >= 0.6 is 0 Å². The van der Waals surface area contributed by atoms with Crippen LogP contribution in [0.1, 0.15) is 49.4 Å². The molecule has 19 heavy (non-hydrogen) atoms. The number of anilines is 2. The van der Waals surface area contributed by atoms with Crippen molar-refractivity contribution in [3.8, 4) is 0 Å². The van der Waals surface area contributed by atoms with Crippen molar-refractivity contribution in [1.29, 1.82) is 0 Å². The Morgan fingerprint density at radius 2 is 2.05 bits per heavy atom. The van der Waals surface area contributed by atoms with Crippen molar-refractivity contribution < 1.29 is 4.79 Å². The maximum Gasteiger partial charge on any atom is 0.250 e. The van der Waals surface area contributed by atoms with Crippen molar-refractivity contribution in [2.45, 2.75) is 45.1 Å². The highest BCUT2D eigenvalue weighted by molar-refractivity contribution is 5.99. The molecule has 1 saturated carbocycles. The van der Waals surface area contributed by atoms with Gasteiger partial charge in [-0.1, -0.05) is 19.8 Å². The first kappa shape index (κ1) is 13.7. The zero-order valence-corrected chi connectivity index (χ0v) is 11.5. The van der Waals surface area contributed by atoms with E-state index in [1.165, 1.54) is 19.3 Å². The van der Waals surface area contributed by atoms with Gasteiger partial charge in [0.1, 0.15) is 0 Å². The van der Waals surface area contributed by atoms with Gasteiger partial charge < -0.3 is 16.8 Å². The summed E-state index contributed by atoms with van der Waals surface area (Å²) in [5.41, 5.74) is 13.0. The predicted molar refractivity (Wildman–Crippen MR) is 79.0 cm³/mol. The summed E-state index contributed by atoms with van der Waals surface area (Å²) < 4.78 is 0. The van der Waals surface area contributed by atoms with Crippen LogP contribution in [0.5, 0.6) is 0 Å². The molecule has 2 rings (SSSR count). The first-order valence-electron chi connectivity index (χ1n) is 7.02. The summed E-state index contributed by atoms with van der Waals surface area (Å²) in [6, 6.07) is 5.72. The Hall–Kier alpha value is -1.71.